The Morgan fingerprint density at radius 3 is 2.05 bits per heavy atom. The molecule has 2 aliphatic rings. The first-order valence-corrected chi connectivity index (χ1v) is 13.3. The van der Waals surface area contributed by atoms with Crippen LogP contribution < -0.4 is 0 Å². The van der Waals surface area contributed by atoms with Crippen molar-refractivity contribution in [2.75, 3.05) is 14.2 Å². The number of hydrogen-bond donors (Lipinski definition) is 2. The predicted octanol–water partition coefficient (Wildman–Crippen LogP) is 6.02. The highest BCUT2D eigenvalue weighted by Crippen LogP contribution is 2.34. The van der Waals surface area contributed by atoms with Gasteiger partial charge in [0.25, 0.3) is 0 Å². The summed E-state index contributed by atoms with van der Waals surface area (Å²) in [5.74, 6) is -1.57. The minimum atomic E-state index is -0.809. The number of aromatic nitrogens is 5. The number of fused-ring (bicyclic) bond motifs is 9. The lowest BCUT2D eigenvalue weighted by Gasteiger charge is -2.07. The zero-order valence-electron chi connectivity index (χ0n) is 23.0. The van der Waals surface area contributed by atoms with Crippen LogP contribution >= 0.6 is 0 Å². The van der Waals surface area contributed by atoms with Crippen LogP contribution in [0.4, 0.5) is 0 Å². The maximum Gasteiger partial charge on any atom is 0.341 e. The lowest BCUT2D eigenvalue weighted by atomic mass is 10.0. The third kappa shape index (κ3) is 4.36. The summed E-state index contributed by atoms with van der Waals surface area (Å²) in [6.45, 7) is 0. The van der Waals surface area contributed by atoms with E-state index in [-0.39, 0.29) is 16.8 Å². The molecule has 208 valence electrons. The van der Waals surface area contributed by atoms with Crippen molar-refractivity contribution >= 4 is 63.8 Å². The first-order chi connectivity index (χ1) is 20.9. The van der Waals surface area contributed by atoms with Crippen LogP contribution in [-0.4, -0.2) is 50.5 Å². The van der Waals surface area contributed by atoms with E-state index in [1.807, 2.05) is 78.9 Å². The number of aromatic amines is 2. The number of methoxy groups -OCH3 is 2. The van der Waals surface area contributed by atoms with Crippen LogP contribution in [0.1, 0.15) is 49.2 Å². The van der Waals surface area contributed by atoms with Crippen LogP contribution in [0, 0.1) is 11.3 Å². The molecule has 8 bridgehead atoms. The van der Waals surface area contributed by atoms with Crippen LogP contribution in [0.2, 0.25) is 0 Å². The topological polar surface area (TPSA) is 138 Å². The molecule has 0 saturated heterocycles. The molecule has 0 unspecified atom stereocenters. The molecule has 7 heterocycles. The Labute approximate surface area is 244 Å². The number of carbonyl (C=O) groups excluding carboxylic acids is 2. The van der Waals surface area contributed by atoms with E-state index in [0.717, 1.165) is 44.7 Å². The molecule has 2 N–H and O–H groups in total. The first kappa shape index (κ1) is 25.7. The zero-order chi connectivity index (χ0) is 29.7. The molecule has 0 aromatic carbocycles. The van der Waals surface area contributed by atoms with Gasteiger partial charge in [-0.15, -0.1) is 0 Å². The Morgan fingerprint density at radius 2 is 1.37 bits per heavy atom. The van der Waals surface area contributed by atoms with E-state index >= 15 is 0 Å². The van der Waals surface area contributed by atoms with Crippen molar-refractivity contribution in [1.29, 1.82) is 5.26 Å². The van der Waals surface area contributed by atoms with E-state index in [1.54, 1.807) is 12.3 Å². The molecule has 0 amide bonds. The quantitative estimate of drug-likeness (QED) is 0.249. The summed E-state index contributed by atoms with van der Waals surface area (Å²) in [5, 5.41) is 9.93. The van der Waals surface area contributed by atoms with Gasteiger partial charge in [-0.1, -0.05) is 0 Å². The molecule has 0 saturated carbocycles. The van der Waals surface area contributed by atoms with Crippen LogP contribution in [0.3, 0.4) is 0 Å². The maximum atomic E-state index is 13.0. The highest BCUT2D eigenvalue weighted by atomic mass is 16.5. The van der Waals surface area contributed by atoms with Gasteiger partial charge in [-0.2, -0.15) is 5.26 Å². The largest absolute Gasteiger partial charge is 0.465 e. The molecular formula is C33H22N6O4. The molecule has 5 aromatic heterocycles. The van der Waals surface area contributed by atoms with Crippen molar-refractivity contribution in [3.8, 4) is 17.2 Å². The Kier molecular flexibility index (Phi) is 5.99. The molecule has 2 aliphatic heterocycles. The highest BCUT2D eigenvalue weighted by Gasteiger charge is 2.30. The molecule has 0 spiro atoms. The number of rotatable bonds is 3. The number of ether oxygens (including phenoxy) is 2. The van der Waals surface area contributed by atoms with Crippen LogP contribution in [-0.2, 0) is 9.47 Å². The van der Waals surface area contributed by atoms with E-state index in [1.165, 1.54) is 18.6 Å². The van der Waals surface area contributed by atoms with Crippen molar-refractivity contribution in [3.05, 3.63) is 100 Å². The molecule has 5 aromatic rings. The van der Waals surface area contributed by atoms with E-state index in [9.17, 15) is 14.9 Å². The smallest absolute Gasteiger partial charge is 0.341 e. The van der Waals surface area contributed by atoms with Gasteiger partial charge in [0.2, 0.25) is 0 Å². The van der Waals surface area contributed by atoms with Gasteiger partial charge in [0.1, 0.15) is 22.9 Å². The number of pyridine rings is 1. The number of nitrogens with one attached hydrogen (secondary N) is 2. The normalized spacial score (nSPS) is 11.9. The standard InChI is InChI=1S/C33H22N6O4/c1-42-32(40)30-27-13-18(11-12-39(27)28(17-34)31(30)33(41)43-2)29-25-9-7-23(37-25)15-21-5-3-19(35-21)14-20-4-6-22(36-20)16-24-8-10-26(29)38-24/h3-16,35,38H,1-2H3. The number of nitrogens with zero attached hydrogens (tertiary/aromatic N) is 4. The second kappa shape index (κ2) is 10.0. The second-order valence-corrected chi connectivity index (χ2v) is 9.92. The van der Waals surface area contributed by atoms with Crippen molar-refractivity contribution in [2.24, 2.45) is 0 Å². The van der Waals surface area contributed by atoms with Gasteiger partial charge in [-0.05, 0) is 84.5 Å². The third-order valence-corrected chi connectivity index (χ3v) is 7.33. The number of hydrogen-bond acceptors (Lipinski definition) is 7. The van der Waals surface area contributed by atoms with Gasteiger partial charge in [0.05, 0.1) is 42.5 Å². The van der Waals surface area contributed by atoms with E-state index in [2.05, 4.69) is 9.97 Å². The average Bonchev–Trinajstić information content (AvgIpc) is 3.85. The SMILES string of the molecule is COC(=O)c1c(C(=O)OC)c2cc(-c3c4nc(cc5ccc(cc6nc(cc7ccc3[nH]7)C=C6)[nH]5)C=C4)ccn2c1C#N. The Hall–Kier alpha value is -6.21. The van der Waals surface area contributed by atoms with Crippen molar-refractivity contribution in [1.82, 2.24) is 24.3 Å². The fraction of sp³-hybridized carbons (Fsp3) is 0.0606. The second-order valence-electron chi connectivity index (χ2n) is 9.92. The van der Waals surface area contributed by atoms with Gasteiger partial charge < -0.3 is 23.8 Å². The average molecular weight is 567 g/mol. The summed E-state index contributed by atoms with van der Waals surface area (Å²) < 4.78 is 11.4. The van der Waals surface area contributed by atoms with Gasteiger partial charge in [0.15, 0.2) is 0 Å². The third-order valence-electron chi connectivity index (χ3n) is 7.33. The van der Waals surface area contributed by atoms with Crippen molar-refractivity contribution in [3.63, 3.8) is 0 Å². The van der Waals surface area contributed by atoms with Crippen LogP contribution in [0.25, 0.3) is 63.0 Å². The summed E-state index contributed by atoms with van der Waals surface area (Å²) in [6.07, 6.45) is 9.41. The van der Waals surface area contributed by atoms with Gasteiger partial charge in [0, 0.05) is 33.8 Å². The summed E-state index contributed by atoms with van der Waals surface area (Å²) in [5.41, 5.74) is 8.03. The zero-order valence-corrected chi connectivity index (χ0v) is 23.0. The fourth-order valence-electron chi connectivity index (χ4n) is 5.44. The molecule has 0 atom stereocenters. The summed E-state index contributed by atoms with van der Waals surface area (Å²) in [6, 6.07) is 19.4. The number of esters is 2. The van der Waals surface area contributed by atoms with Crippen LogP contribution in [0.5, 0.6) is 0 Å². The lowest BCUT2D eigenvalue weighted by Crippen LogP contribution is -2.10. The van der Waals surface area contributed by atoms with Gasteiger partial charge in [-0.3, -0.25) is 0 Å². The summed E-state index contributed by atoms with van der Waals surface area (Å²) in [7, 11) is 2.42. The molecular weight excluding hydrogens is 544 g/mol. The minimum Gasteiger partial charge on any atom is -0.465 e. The molecule has 7 rings (SSSR count). The summed E-state index contributed by atoms with van der Waals surface area (Å²) in [4.78, 5) is 42.2. The molecule has 10 heteroatoms. The monoisotopic (exact) mass is 566 g/mol. The Morgan fingerprint density at radius 1 is 0.767 bits per heavy atom. The fourth-order valence-corrected chi connectivity index (χ4v) is 5.44. The molecule has 0 fully saturated rings. The molecule has 0 aliphatic carbocycles. The van der Waals surface area contributed by atoms with E-state index in [0.29, 0.717) is 16.8 Å². The van der Waals surface area contributed by atoms with Crippen molar-refractivity contribution in [2.45, 2.75) is 0 Å². The Bertz CT molecular complexity index is 2280. The van der Waals surface area contributed by atoms with Crippen LogP contribution in [0.15, 0.2) is 60.8 Å². The van der Waals surface area contributed by atoms with Gasteiger partial charge >= 0.3 is 11.9 Å². The van der Waals surface area contributed by atoms with Crippen molar-refractivity contribution < 1.29 is 19.1 Å². The first-order valence-electron chi connectivity index (χ1n) is 13.3. The predicted molar refractivity (Wildman–Crippen MR) is 163 cm³/mol. The molecule has 0 radical (unpaired) electrons. The number of nitriles is 1. The summed E-state index contributed by atoms with van der Waals surface area (Å²) >= 11 is 0. The van der Waals surface area contributed by atoms with Gasteiger partial charge in [-0.25, -0.2) is 19.6 Å². The highest BCUT2D eigenvalue weighted by molar-refractivity contribution is 6.10. The molecule has 43 heavy (non-hydrogen) atoms. The number of H-pyrrole nitrogens is 2. The van der Waals surface area contributed by atoms with E-state index < -0.39 is 11.9 Å². The Balaban J connectivity index is 1.56. The minimum absolute atomic E-state index is 0.0269. The lowest BCUT2D eigenvalue weighted by molar-refractivity contribution is 0.0557. The number of carbonyl (C=O) groups is 2. The van der Waals surface area contributed by atoms with E-state index in [4.69, 9.17) is 19.4 Å². The molecule has 10 nitrogen and oxygen atoms in total. The maximum absolute atomic E-state index is 13.0.